The molecule has 0 bridgehead atoms. The van der Waals surface area contributed by atoms with Crippen LogP contribution >= 0.6 is 31.9 Å². The van der Waals surface area contributed by atoms with E-state index in [0.717, 1.165) is 0 Å². The summed E-state index contributed by atoms with van der Waals surface area (Å²) in [5.74, 6) is -1.05. The highest BCUT2D eigenvalue weighted by molar-refractivity contribution is 9.11. The van der Waals surface area contributed by atoms with Crippen molar-refractivity contribution in [2.45, 2.75) is 12.5 Å². The molecule has 0 spiro atoms. The molecule has 0 saturated heterocycles. The first kappa shape index (κ1) is 21.8. The molecule has 0 fully saturated rings. The van der Waals surface area contributed by atoms with E-state index in [1.165, 1.54) is 26.4 Å². The molecule has 148 valence electrons. The molecular formula is C18H16Br2N2O6. The minimum Gasteiger partial charge on any atom is -0.490 e. The number of hydrogen-bond donors (Lipinski definition) is 1. The van der Waals surface area contributed by atoms with E-state index < -0.39 is 22.8 Å². The number of nitrogens with zero attached hydrogens (tertiary/aromatic N) is 1. The van der Waals surface area contributed by atoms with Crippen molar-refractivity contribution in [2.24, 2.45) is 0 Å². The third-order valence-corrected chi connectivity index (χ3v) is 4.71. The van der Waals surface area contributed by atoms with E-state index in [2.05, 4.69) is 37.2 Å². The first-order chi connectivity index (χ1) is 13.2. The van der Waals surface area contributed by atoms with Crippen LogP contribution in [0.15, 0.2) is 45.3 Å². The molecule has 28 heavy (non-hydrogen) atoms. The van der Waals surface area contributed by atoms with E-state index in [4.69, 9.17) is 9.47 Å². The number of esters is 1. The van der Waals surface area contributed by atoms with Crippen molar-refractivity contribution in [3.8, 4) is 5.75 Å². The molecule has 1 N–H and O–H groups in total. The lowest BCUT2D eigenvalue weighted by atomic mass is 10.0. The number of rotatable bonds is 7. The van der Waals surface area contributed by atoms with Crippen LogP contribution in [0, 0.1) is 10.1 Å². The number of carbonyl (C=O) groups excluding carboxylic acids is 2. The Morgan fingerprint density at radius 1 is 1.14 bits per heavy atom. The molecule has 2 aromatic carbocycles. The molecule has 0 heterocycles. The number of amides is 1. The van der Waals surface area contributed by atoms with Crippen molar-refractivity contribution in [3.63, 3.8) is 0 Å². The lowest BCUT2D eigenvalue weighted by Gasteiger charge is -2.17. The van der Waals surface area contributed by atoms with Gasteiger partial charge in [-0.3, -0.25) is 14.9 Å². The highest BCUT2D eigenvalue weighted by Gasteiger charge is 2.25. The summed E-state index contributed by atoms with van der Waals surface area (Å²) in [6.45, 7) is 0. The predicted molar refractivity (Wildman–Crippen MR) is 108 cm³/mol. The maximum atomic E-state index is 12.6. The topological polar surface area (TPSA) is 108 Å². The molecule has 0 saturated carbocycles. The number of methoxy groups -OCH3 is 2. The van der Waals surface area contributed by atoms with Crippen LogP contribution in [0.5, 0.6) is 5.75 Å². The summed E-state index contributed by atoms with van der Waals surface area (Å²) >= 11 is 6.60. The van der Waals surface area contributed by atoms with Gasteiger partial charge in [0.15, 0.2) is 5.75 Å². The molecule has 1 atom stereocenters. The Labute approximate surface area is 177 Å². The summed E-state index contributed by atoms with van der Waals surface area (Å²) in [4.78, 5) is 35.3. The number of benzene rings is 2. The predicted octanol–water partition coefficient (Wildman–Crippen LogP) is 3.64. The molecule has 0 unspecified atom stereocenters. The fourth-order valence-corrected chi connectivity index (χ4v) is 3.80. The van der Waals surface area contributed by atoms with Crippen molar-refractivity contribution in [2.75, 3.05) is 14.2 Å². The number of ether oxygens (including phenoxy) is 2. The summed E-state index contributed by atoms with van der Waals surface area (Å²) in [5.41, 5.74) is 0.570. The van der Waals surface area contributed by atoms with E-state index >= 15 is 0 Å². The fourth-order valence-electron chi connectivity index (χ4n) is 2.50. The van der Waals surface area contributed by atoms with Gasteiger partial charge in [0.25, 0.3) is 5.91 Å². The summed E-state index contributed by atoms with van der Waals surface area (Å²) in [5, 5.41) is 13.8. The average molecular weight is 516 g/mol. The van der Waals surface area contributed by atoms with Crippen LogP contribution in [0.4, 0.5) is 5.69 Å². The Hall–Kier alpha value is -2.46. The largest absolute Gasteiger partial charge is 0.490 e. The van der Waals surface area contributed by atoms with Gasteiger partial charge in [0.2, 0.25) is 0 Å². The number of nitro groups is 1. The SMILES string of the molecule is COC(=O)[C@@H](Cc1ccc(OC)c([N+](=O)[O-])c1)NC(=O)c1cc(Br)cc(Br)c1. The maximum absolute atomic E-state index is 12.6. The van der Waals surface area contributed by atoms with E-state index in [0.29, 0.717) is 20.1 Å². The smallest absolute Gasteiger partial charge is 0.328 e. The van der Waals surface area contributed by atoms with Crippen LogP contribution in [0.1, 0.15) is 15.9 Å². The molecular weight excluding hydrogens is 500 g/mol. The van der Waals surface area contributed by atoms with Crippen LogP contribution < -0.4 is 10.1 Å². The van der Waals surface area contributed by atoms with Gasteiger partial charge in [0.1, 0.15) is 6.04 Å². The zero-order valence-corrected chi connectivity index (χ0v) is 18.1. The standard InChI is InChI=1S/C18H16Br2N2O6/c1-27-16-4-3-10(6-15(16)22(25)26)5-14(18(24)28-2)21-17(23)11-7-12(19)9-13(20)8-11/h3-4,6-9,14H,5H2,1-2H3,(H,21,23)/t14-/m1/s1. The van der Waals surface area contributed by atoms with Gasteiger partial charge >= 0.3 is 11.7 Å². The first-order valence-electron chi connectivity index (χ1n) is 7.91. The Bertz CT molecular complexity index is 899. The summed E-state index contributed by atoms with van der Waals surface area (Å²) in [6.07, 6.45) is 0.0123. The Kier molecular flexibility index (Phi) is 7.53. The molecule has 0 aliphatic heterocycles. The minimum absolute atomic E-state index is 0.0123. The molecule has 0 aliphatic rings. The second kappa shape index (κ2) is 9.65. The van der Waals surface area contributed by atoms with Gasteiger partial charge in [-0.25, -0.2) is 4.79 Å². The molecule has 8 nitrogen and oxygen atoms in total. The van der Waals surface area contributed by atoms with Gasteiger partial charge < -0.3 is 14.8 Å². The van der Waals surface area contributed by atoms with Crippen LogP contribution in [-0.4, -0.2) is 37.1 Å². The zero-order valence-electron chi connectivity index (χ0n) is 14.9. The quantitative estimate of drug-likeness (QED) is 0.342. The Morgan fingerprint density at radius 2 is 1.79 bits per heavy atom. The van der Waals surface area contributed by atoms with Gasteiger partial charge in [0, 0.05) is 27.0 Å². The monoisotopic (exact) mass is 514 g/mol. The Balaban J connectivity index is 2.27. The van der Waals surface area contributed by atoms with Gasteiger partial charge in [-0.1, -0.05) is 37.9 Å². The first-order valence-corrected chi connectivity index (χ1v) is 9.49. The van der Waals surface area contributed by atoms with Crippen LogP contribution in [0.25, 0.3) is 0 Å². The van der Waals surface area contributed by atoms with Crippen LogP contribution in [-0.2, 0) is 16.0 Å². The van der Waals surface area contributed by atoms with Gasteiger partial charge in [-0.2, -0.15) is 0 Å². The van der Waals surface area contributed by atoms with Crippen molar-refractivity contribution < 1.29 is 24.0 Å². The highest BCUT2D eigenvalue weighted by atomic mass is 79.9. The number of halogens is 2. The minimum atomic E-state index is -1.02. The second-order valence-corrected chi connectivity index (χ2v) is 7.51. The molecule has 0 aliphatic carbocycles. The molecule has 10 heteroatoms. The third kappa shape index (κ3) is 5.52. The van der Waals surface area contributed by atoms with Gasteiger partial charge in [-0.05, 0) is 29.8 Å². The van der Waals surface area contributed by atoms with E-state index in [9.17, 15) is 19.7 Å². The normalized spacial score (nSPS) is 11.4. The maximum Gasteiger partial charge on any atom is 0.328 e. The number of nitrogens with one attached hydrogen (secondary N) is 1. The summed E-state index contributed by atoms with van der Waals surface area (Å²) in [6, 6.07) is 8.28. The van der Waals surface area contributed by atoms with Crippen LogP contribution in [0.3, 0.4) is 0 Å². The van der Waals surface area contributed by atoms with E-state index in [1.807, 2.05) is 0 Å². The molecule has 0 aromatic heterocycles. The number of hydrogen-bond acceptors (Lipinski definition) is 6. The lowest BCUT2D eigenvalue weighted by molar-refractivity contribution is -0.385. The summed E-state index contributed by atoms with van der Waals surface area (Å²) < 4.78 is 11.1. The average Bonchev–Trinajstić information content (AvgIpc) is 2.65. The van der Waals surface area contributed by atoms with Crippen molar-refractivity contribution in [1.82, 2.24) is 5.32 Å². The second-order valence-electron chi connectivity index (χ2n) is 5.67. The molecule has 2 aromatic rings. The molecule has 2 rings (SSSR count). The lowest BCUT2D eigenvalue weighted by Crippen LogP contribution is -2.43. The van der Waals surface area contributed by atoms with E-state index in [-0.39, 0.29) is 17.9 Å². The van der Waals surface area contributed by atoms with Gasteiger partial charge in [0.05, 0.1) is 19.1 Å². The number of carbonyl (C=O) groups is 2. The number of nitro benzene ring substituents is 1. The Morgan fingerprint density at radius 3 is 2.32 bits per heavy atom. The summed E-state index contributed by atoms with van der Waals surface area (Å²) in [7, 11) is 2.53. The fraction of sp³-hybridized carbons (Fsp3) is 0.222. The van der Waals surface area contributed by atoms with E-state index in [1.54, 1.807) is 24.3 Å². The van der Waals surface area contributed by atoms with Gasteiger partial charge in [-0.15, -0.1) is 0 Å². The third-order valence-electron chi connectivity index (χ3n) is 3.80. The van der Waals surface area contributed by atoms with Crippen molar-refractivity contribution >= 4 is 49.4 Å². The van der Waals surface area contributed by atoms with Crippen LogP contribution in [0.2, 0.25) is 0 Å². The molecule has 1 amide bonds. The molecule has 0 radical (unpaired) electrons. The highest BCUT2D eigenvalue weighted by Crippen LogP contribution is 2.28. The van der Waals surface area contributed by atoms with Crippen molar-refractivity contribution in [3.05, 3.63) is 66.6 Å². The zero-order chi connectivity index (χ0) is 20.8. The van der Waals surface area contributed by atoms with Crippen molar-refractivity contribution in [1.29, 1.82) is 0 Å².